The molecule has 0 aromatic heterocycles. The van der Waals surface area contributed by atoms with E-state index in [0.29, 0.717) is 6.42 Å². The molecule has 0 saturated carbocycles. The molecule has 1 atom stereocenters. The fraction of sp³-hybridized carbons (Fsp3) is 0.400. The van der Waals surface area contributed by atoms with Crippen LogP contribution in [0.2, 0.25) is 0 Å². The second-order valence-corrected chi connectivity index (χ2v) is 3.25. The first-order valence-electron chi connectivity index (χ1n) is 4.64. The fourth-order valence-corrected chi connectivity index (χ4v) is 1.22. The van der Waals surface area contributed by atoms with Gasteiger partial charge in [-0.05, 0) is 24.6 Å². The van der Waals surface area contributed by atoms with E-state index < -0.39 is 24.0 Å². The van der Waals surface area contributed by atoms with Crippen molar-refractivity contribution in [1.29, 1.82) is 0 Å². The van der Waals surface area contributed by atoms with Crippen molar-refractivity contribution in [1.82, 2.24) is 0 Å². The molecule has 1 rings (SSSR count). The molecule has 2 nitrogen and oxygen atoms in total. The van der Waals surface area contributed by atoms with E-state index in [0.717, 1.165) is 18.2 Å². The molecule has 0 aliphatic rings. The van der Waals surface area contributed by atoms with Gasteiger partial charge in [0.05, 0.1) is 0 Å². The van der Waals surface area contributed by atoms with Crippen molar-refractivity contribution in [3.8, 4) is 5.75 Å². The first kappa shape index (κ1) is 12.8. The lowest BCUT2D eigenvalue weighted by Crippen LogP contribution is -2.18. The normalized spacial score (nSPS) is 13.6. The smallest absolute Gasteiger partial charge is 0.406 e. The minimum absolute atomic E-state index is 0.0178. The highest BCUT2D eigenvalue weighted by atomic mass is 19.4. The van der Waals surface area contributed by atoms with Crippen LogP contribution in [0.25, 0.3) is 0 Å². The minimum Gasteiger partial charge on any atom is -0.406 e. The maximum atomic E-state index is 13.2. The Hall–Kier alpha value is -1.30. The molecule has 0 fully saturated rings. The van der Waals surface area contributed by atoms with Gasteiger partial charge in [0.15, 0.2) is 0 Å². The Labute approximate surface area is 90.0 Å². The van der Waals surface area contributed by atoms with Crippen LogP contribution in [0.15, 0.2) is 18.2 Å². The van der Waals surface area contributed by atoms with Gasteiger partial charge < -0.3 is 10.5 Å². The van der Waals surface area contributed by atoms with Gasteiger partial charge in [-0.2, -0.15) is 0 Å². The van der Waals surface area contributed by atoms with Crippen LogP contribution >= 0.6 is 0 Å². The third-order valence-corrected chi connectivity index (χ3v) is 2.04. The van der Waals surface area contributed by atoms with E-state index in [1.165, 1.54) is 0 Å². The van der Waals surface area contributed by atoms with Crippen LogP contribution in [0.4, 0.5) is 17.6 Å². The zero-order valence-electron chi connectivity index (χ0n) is 8.51. The maximum Gasteiger partial charge on any atom is 0.573 e. The zero-order valence-corrected chi connectivity index (χ0v) is 8.51. The van der Waals surface area contributed by atoms with E-state index in [1.807, 2.05) is 0 Å². The van der Waals surface area contributed by atoms with E-state index >= 15 is 0 Å². The number of nitrogens with two attached hydrogens (primary N) is 1. The lowest BCUT2D eigenvalue weighted by molar-refractivity contribution is -0.274. The number of alkyl halides is 3. The molecule has 0 amide bonds. The van der Waals surface area contributed by atoms with Crippen LogP contribution in [0, 0.1) is 5.82 Å². The molecular weight excluding hydrogens is 226 g/mol. The molecule has 1 aromatic carbocycles. The van der Waals surface area contributed by atoms with Crippen LogP contribution in [-0.4, -0.2) is 6.36 Å². The Morgan fingerprint density at radius 2 is 2.00 bits per heavy atom. The second-order valence-electron chi connectivity index (χ2n) is 3.25. The summed E-state index contributed by atoms with van der Waals surface area (Å²) in [7, 11) is 0. The molecule has 0 aliphatic carbocycles. The molecule has 0 saturated heterocycles. The van der Waals surface area contributed by atoms with Gasteiger partial charge in [-0.15, -0.1) is 13.2 Å². The van der Waals surface area contributed by atoms with Crippen molar-refractivity contribution in [3.05, 3.63) is 29.6 Å². The minimum atomic E-state index is -4.79. The third-order valence-electron chi connectivity index (χ3n) is 2.04. The summed E-state index contributed by atoms with van der Waals surface area (Å²) in [6.45, 7) is 1.71. The summed E-state index contributed by atoms with van der Waals surface area (Å²) in [6.07, 6.45) is -4.36. The van der Waals surface area contributed by atoms with Gasteiger partial charge in [0.2, 0.25) is 0 Å². The molecule has 0 spiro atoms. The first-order valence-corrected chi connectivity index (χ1v) is 4.64. The van der Waals surface area contributed by atoms with E-state index in [4.69, 9.17) is 5.73 Å². The number of hydrogen-bond donors (Lipinski definition) is 1. The lowest BCUT2D eigenvalue weighted by Gasteiger charge is -2.13. The number of ether oxygens (including phenoxy) is 1. The van der Waals surface area contributed by atoms with Crippen LogP contribution in [-0.2, 0) is 0 Å². The number of hydrogen-bond acceptors (Lipinski definition) is 2. The number of halogens is 4. The Kier molecular flexibility index (Phi) is 3.74. The maximum absolute atomic E-state index is 13.2. The monoisotopic (exact) mass is 237 g/mol. The summed E-state index contributed by atoms with van der Waals surface area (Å²) >= 11 is 0. The second kappa shape index (κ2) is 4.69. The van der Waals surface area contributed by atoms with Crippen molar-refractivity contribution in [3.63, 3.8) is 0 Å². The Morgan fingerprint density at radius 1 is 1.38 bits per heavy atom. The average molecular weight is 237 g/mol. The van der Waals surface area contributed by atoms with Crippen molar-refractivity contribution in [2.45, 2.75) is 25.7 Å². The van der Waals surface area contributed by atoms with Crippen LogP contribution in [0.5, 0.6) is 5.75 Å². The Balaban J connectivity index is 2.98. The zero-order chi connectivity index (χ0) is 12.3. The molecule has 6 heteroatoms. The highest BCUT2D eigenvalue weighted by Crippen LogP contribution is 2.27. The van der Waals surface area contributed by atoms with E-state index in [1.54, 1.807) is 6.92 Å². The highest BCUT2D eigenvalue weighted by Gasteiger charge is 2.31. The van der Waals surface area contributed by atoms with Crippen LogP contribution < -0.4 is 10.5 Å². The van der Waals surface area contributed by atoms with Gasteiger partial charge in [0.25, 0.3) is 0 Å². The van der Waals surface area contributed by atoms with Crippen molar-refractivity contribution < 1.29 is 22.3 Å². The van der Waals surface area contributed by atoms with Crippen LogP contribution in [0.1, 0.15) is 24.9 Å². The lowest BCUT2D eigenvalue weighted by atomic mass is 10.0. The topological polar surface area (TPSA) is 35.2 Å². The molecule has 0 bridgehead atoms. The molecule has 0 unspecified atom stereocenters. The largest absolute Gasteiger partial charge is 0.573 e. The molecule has 0 heterocycles. The van der Waals surface area contributed by atoms with Gasteiger partial charge in [0, 0.05) is 11.6 Å². The summed E-state index contributed by atoms with van der Waals surface area (Å²) in [4.78, 5) is 0. The Morgan fingerprint density at radius 3 is 2.50 bits per heavy atom. The Bertz CT molecular complexity index is 364. The molecule has 1 aromatic rings. The van der Waals surface area contributed by atoms with Gasteiger partial charge in [-0.25, -0.2) is 4.39 Å². The van der Waals surface area contributed by atoms with Crippen molar-refractivity contribution in [2.75, 3.05) is 0 Å². The average Bonchev–Trinajstić information content (AvgIpc) is 2.18. The first-order chi connectivity index (χ1) is 7.33. The predicted molar refractivity (Wildman–Crippen MR) is 50.3 cm³/mol. The quantitative estimate of drug-likeness (QED) is 0.819. The molecule has 0 aliphatic heterocycles. The van der Waals surface area contributed by atoms with Crippen molar-refractivity contribution >= 4 is 0 Å². The summed E-state index contributed by atoms with van der Waals surface area (Å²) in [5, 5.41) is 0. The molecule has 0 radical (unpaired) electrons. The highest BCUT2D eigenvalue weighted by molar-refractivity contribution is 5.31. The molecule has 2 N–H and O–H groups in total. The number of benzene rings is 1. The van der Waals surface area contributed by atoms with Gasteiger partial charge in [-0.1, -0.05) is 6.92 Å². The van der Waals surface area contributed by atoms with Gasteiger partial charge in [0.1, 0.15) is 11.6 Å². The summed E-state index contributed by atoms with van der Waals surface area (Å²) in [6, 6.07) is 2.15. The molecule has 16 heavy (non-hydrogen) atoms. The standard InChI is InChI=1S/C10H11F4NO/c1-2-9(15)7-5-6(3-4-8(7)11)16-10(12,13)14/h3-5,9H,2,15H2,1H3/t9-/m1/s1. The predicted octanol–water partition coefficient (Wildman–Crippen LogP) is 3.13. The summed E-state index contributed by atoms with van der Waals surface area (Å²) < 4.78 is 52.6. The van der Waals surface area contributed by atoms with E-state index in [2.05, 4.69) is 4.74 Å². The van der Waals surface area contributed by atoms with Crippen LogP contribution in [0.3, 0.4) is 0 Å². The third kappa shape index (κ3) is 3.37. The van der Waals surface area contributed by atoms with Gasteiger partial charge >= 0.3 is 6.36 Å². The van der Waals surface area contributed by atoms with Gasteiger partial charge in [-0.3, -0.25) is 0 Å². The summed E-state index contributed by atoms with van der Waals surface area (Å²) in [5.74, 6) is -1.10. The van der Waals surface area contributed by atoms with E-state index in [9.17, 15) is 17.6 Å². The summed E-state index contributed by atoms with van der Waals surface area (Å²) in [5.41, 5.74) is 5.57. The molecular formula is C10H11F4NO. The number of rotatable bonds is 3. The molecule has 90 valence electrons. The van der Waals surface area contributed by atoms with E-state index in [-0.39, 0.29) is 5.56 Å². The SMILES string of the molecule is CC[C@@H](N)c1cc(OC(F)(F)F)ccc1F. The van der Waals surface area contributed by atoms with Crippen molar-refractivity contribution in [2.24, 2.45) is 5.73 Å². The fourth-order valence-electron chi connectivity index (χ4n) is 1.22.